The summed E-state index contributed by atoms with van der Waals surface area (Å²) >= 11 is 0. The molecule has 0 spiro atoms. The molecule has 0 bridgehead atoms. The molecule has 36 heavy (non-hydrogen) atoms. The Hall–Kier alpha value is -3.48. The van der Waals surface area contributed by atoms with Crippen LogP contribution in [0.2, 0.25) is 0 Å². The van der Waals surface area contributed by atoms with Crippen LogP contribution in [-0.4, -0.2) is 68.8 Å². The maximum atomic E-state index is 14.6. The summed E-state index contributed by atoms with van der Waals surface area (Å²) in [5.74, 6) is -0.710. The highest BCUT2D eigenvalue weighted by molar-refractivity contribution is 5.78. The fraction of sp³-hybridized carbons (Fsp3) is 0.478. The van der Waals surface area contributed by atoms with E-state index >= 15 is 0 Å². The third-order valence-corrected chi connectivity index (χ3v) is 6.45. The minimum atomic E-state index is -4.55. The molecule has 1 saturated carbocycles. The van der Waals surface area contributed by atoms with Crippen molar-refractivity contribution in [2.45, 2.75) is 43.9 Å². The van der Waals surface area contributed by atoms with E-state index in [1.807, 2.05) is 0 Å². The predicted molar refractivity (Wildman–Crippen MR) is 122 cm³/mol. The zero-order chi connectivity index (χ0) is 25.3. The maximum Gasteiger partial charge on any atom is 0.417 e. The first-order valence-corrected chi connectivity index (χ1v) is 11.7. The van der Waals surface area contributed by atoms with Crippen molar-refractivity contribution >= 4 is 22.9 Å². The van der Waals surface area contributed by atoms with Crippen molar-refractivity contribution in [2.24, 2.45) is 0 Å². The van der Waals surface area contributed by atoms with Crippen LogP contribution in [-0.2, 0) is 10.9 Å². The normalized spacial score (nSPS) is 20.9. The topological polar surface area (TPSA) is 97.2 Å². The van der Waals surface area contributed by atoms with Crippen LogP contribution in [0.4, 0.5) is 28.2 Å². The van der Waals surface area contributed by atoms with Crippen molar-refractivity contribution in [1.82, 2.24) is 29.7 Å². The minimum absolute atomic E-state index is 0.0167. The molecule has 13 heteroatoms. The number of aromatic nitrogens is 4. The highest BCUT2D eigenvalue weighted by atomic mass is 19.4. The van der Waals surface area contributed by atoms with Gasteiger partial charge in [-0.3, -0.25) is 9.55 Å². The van der Waals surface area contributed by atoms with E-state index in [0.717, 1.165) is 37.7 Å². The second-order valence-electron chi connectivity index (χ2n) is 8.93. The van der Waals surface area contributed by atoms with Crippen LogP contribution >= 0.6 is 0 Å². The van der Waals surface area contributed by atoms with Gasteiger partial charge in [-0.2, -0.15) is 18.2 Å². The lowest BCUT2D eigenvalue weighted by molar-refractivity contribution is -0.137. The van der Waals surface area contributed by atoms with Crippen LogP contribution in [0, 0.1) is 5.82 Å². The SMILES string of the molecule is O=C(N[C@@H]1CCC[C@H](Nc2nc(-n3ccc4ncc(C(F)(F)F)cc43)ncc2F)C1)N1CCOCC1. The van der Waals surface area contributed by atoms with Crippen LogP contribution in [0.3, 0.4) is 0 Å². The standard InChI is InChI=1S/C23H25F4N7O2/c24-17-13-29-21(34-5-4-18-19(34)10-14(12-28-18)23(25,26)27)32-20(17)30-15-2-1-3-16(11-15)31-22(35)33-6-8-36-9-7-33/h4-5,10,12-13,15-16H,1-3,6-9,11H2,(H,31,35)(H,29,30,32)/t15-,16+/m0/s1. The first kappa shape index (κ1) is 24.2. The average Bonchev–Trinajstić information content (AvgIpc) is 3.29. The van der Waals surface area contributed by atoms with Gasteiger partial charge in [0.2, 0.25) is 5.95 Å². The van der Waals surface area contributed by atoms with E-state index in [1.54, 1.807) is 4.90 Å². The number of anilines is 1. The van der Waals surface area contributed by atoms with Gasteiger partial charge >= 0.3 is 12.2 Å². The first-order chi connectivity index (χ1) is 17.3. The molecule has 2 N–H and O–H groups in total. The third kappa shape index (κ3) is 5.20. The fourth-order valence-corrected chi connectivity index (χ4v) is 4.59. The molecule has 2 amide bonds. The molecule has 1 saturated heterocycles. The summed E-state index contributed by atoms with van der Waals surface area (Å²) in [6.07, 6.45) is 1.68. The lowest BCUT2D eigenvalue weighted by atomic mass is 9.91. The summed E-state index contributed by atoms with van der Waals surface area (Å²) < 4.78 is 60.8. The van der Waals surface area contributed by atoms with Gasteiger partial charge in [0, 0.05) is 37.6 Å². The summed E-state index contributed by atoms with van der Waals surface area (Å²) in [6, 6.07) is 2.15. The van der Waals surface area contributed by atoms with Crippen molar-refractivity contribution in [1.29, 1.82) is 0 Å². The van der Waals surface area contributed by atoms with Gasteiger partial charge in [-0.1, -0.05) is 0 Å². The molecule has 9 nitrogen and oxygen atoms in total. The molecular formula is C23H25F4N7O2. The van der Waals surface area contributed by atoms with Crippen molar-refractivity contribution in [2.75, 3.05) is 31.6 Å². The molecule has 0 unspecified atom stereocenters. The molecule has 2 aliphatic rings. The molecule has 4 heterocycles. The number of fused-ring (bicyclic) bond motifs is 1. The number of amides is 2. The molecule has 192 valence electrons. The Kier molecular flexibility index (Phi) is 6.65. The van der Waals surface area contributed by atoms with E-state index in [2.05, 4.69) is 25.6 Å². The molecular weight excluding hydrogens is 482 g/mol. The van der Waals surface area contributed by atoms with Crippen LogP contribution in [0.1, 0.15) is 31.2 Å². The number of carbonyl (C=O) groups excluding carboxylic acids is 1. The number of rotatable bonds is 4. The van der Waals surface area contributed by atoms with Crippen molar-refractivity contribution in [3.63, 3.8) is 0 Å². The number of halogens is 4. The minimum Gasteiger partial charge on any atom is -0.378 e. The van der Waals surface area contributed by atoms with E-state index in [0.29, 0.717) is 38.2 Å². The zero-order valence-electron chi connectivity index (χ0n) is 19.3. The fourth-order valence-electron chi connectivity index (χ4n) is 4.59. The number of pyridine rings is 1. The second kappa shape index (κ2) is 9.88. The molecule has 0 radical (unpaired) electrons. The van der Waals surface area contributed by atoms with Crippen molar-refractivity contribution < 1.29 is 27.1 Å². The molecule has 1 aliphatic carbocycles. The quantitative estimate of drug-likeness (QED) is 0.523. The van der Waals surface area contributed by atoms with Gasteiger partial charge in [-0.05, 0) is 37.8 Å². The average molecular weight is 507 g/mol. The number of urea groups is 1. The van der Waals surface area contributed by atoms with E-state index in [1.165, 1.54) is 16.8 Å². The molecule has 3 aromatic heterocycles. The van der Waals surface area contributed by atoms with Crippen LogP contribution in [0.5, 0.6) is 0 Å². The van der Waals surface area contributed by atoms with Crippen LogP contribution in [0.25, 0.3) is 17.0 Å². The lowest BCUT2D eigenvalue weighted by Crippen LogP contribution is -2.51. The van der Waals surface area contributed by atoms with Gasteiger partial charge in [0.25, 0.3) is 0 Å². The molecule has 2 atom stereocenters. The largest absolute Gasteiger partial charge is 0.417 e. The molecule has 2 fully saturated rings. The maximum absolute atomic E-state index is 14.6. The number of nitrogens with zero attached hydrogens (tertiary/aromatic N) is 5. The van der Waals surface area contributed by atoms with E-state index in [4.69, 9.17) is 4.74 Å². The number of ether oxygens (including phenoxy) is 1. The summed E-state index contributed by atoms with van der Waals surface area (Å²) in [7, 11) is 0. The lowest BCUT2D eigenvalue weighted by Gasteiger charge is -2.33. The second-order valence-corrected chi connectivity index (χ2v) is 8.93. The molecule has 5 rings (SSSR count). The summed E-state index contributed by atoms with van der Waals surface area (Å²) in [5, 5.41) is 6.15. The van der Waals surface area contributed by atoms with Crippen molar-refractivity contribution in [3.05, 3.63) is 42.1 Å². The van der Waals surface area contributed by atoms with Gasteiger partial charge in [0.1, 0.15) is 0 Å². The number of nitrogens with one attached hydrogen (secondary N) is 2. The molecule has 0 aromatic carbocycles. The zero-order valence-corrected chi connectivity index (χ0v) is 19.3. The Morgan fingerprint density at radius 3 is 2.67 bits per heavy atom. The predicted octanol–water partition coefficient (Wildman–Crippen LogP) is 3.74. The van der Waals surface area contributed by atoms with Gasteiger partial charge in [-0.15, -0.1) is 0 Å². The smallest absolute Gasteiger partial charge is 0.378 e. The Balaban J connectivity index is 1.31. The Bertz CT molecular complexity index is 1240. The molecule has 1 aliphatic heterocycles. The van der Waals surface area contributed by atoms with E-state index < -0.39 is 17.6 Å². The van der Waals surface area contributed by atoms with E-state index in [9.17, 15) is 22.4 Å². The summed E-state index contributed by atoms with van der Waals surface area (Å²) in [6.45, 7) is 2.12. The highest BCUT2D eigenvalue weighted by Gasteiger charge is 2.32. The van der Waals surface area contributed by atoms with Gasteiger partial charge < -0.3 is 20.3 Å². The number of carbonyl (C=O) groups is 1. The third-order valence-electron chi connectivity index (χ3n) is 6.45. The first-order valence-electron chi connectivity index (χ1n) is 11.7. The van der Waals surface area contributed by atoms with Crippen molar-refractivity contribution in [3.8, 4) is 5.95 Å². The Morgan fingerprint density at radius 2 is 1.89 bits per heavy atom. The van der Waals surface area contributed by atoms with E-state index in [-0.39, 0.29) is 35.4 Å². The number of morpholine rings is 1. The monoisotopic (exact) mass is 507 g/mol. The number of hydrogen-bond acceptors (Lipinski definition) is 6. The number of hydrogen-bond donors (Lipinski definition) is 2. The van der Waals surface area contributed by atoms with Gasteiger partial charge in [0.05, 0.1) is 36.0 Å². The van der Waals surface area contributed by atoms with Gasteiger partial charge in [0.15, 0.2) is 11.6 Å². The Labute approximate surface area is 203 Å². The Morgan fingerprint density at radius 1 is 1.11 bits per heavy atom. The molecule has 3 aromatic rings. The van der Waals surface area contributed by atoms with Gasteiger partial charge in [-0.25, -0.2) is 14.2 Å². The summed E-state index contributed by atoms with van der Waals surface area (Å²) in [5.41, 5.74) is -0.412. The highest BCUT2D eigenvalue weighted by Crippen LogP contribution is 2.31. The summed E-state index contributed by atoms with van der Waals surface area (Å²) in [4.78, 5) is 26.4. The van der Waals surface area contributed by atoms with Crippen LogP contribution < -0.4 is 10.6 Å². The van der Waals surface area contributed by atoms with Crippen LogP contribution in [0.15, 0.2) is 30.7 Å². The number of alkyl halides is 3.